The summed E-state index contributed by atoms with van der Waals surface area (Å²) >= 11 is -2.27. The Morgan fingerprint density at radius 1 is 1.50 bits per heavy atom. The molecule has 6 heteroatoms. The molecule has 0 unspecified atom stereocenters. The predicted octanol–water partition coefficient (Wildman–Crippen LogP) is -0.493. The number of rotatable bonds is 1. The van der Waals surface area contributed by atoms with E-state index in [1.165, 1.54) is 0 Å². The predicted molar refractivity (Wildman–Crippen MR) is 12.7 cm³/mol. The molecule has 0 aromatic heterocycles. The first-order chi connectivity index (χ1) is 2.56. The summed E-state index contributed by atoms with van der Waals surface area (Å²) in [4.78, 5) is 15.4. The summed E-state index contributed by atoms with van der Waals surface area (Å²) in [5, 5.41) is 0. The molecule has 0 aromatic rings. The Morgan fingerprint density at radius 3 is 1.67 bits per heavy atom. The molecule has 6 heavy (non-hydrogen) atoms. The molecular weight excluding hydrogens is 191 g/mol. The van der Waals surface area contributed by atoms with Crippen molar-refractivity contribution in [2.24, 2.45) is 0 Å². The molecule has 0 radical (unpaired) electrons. The standard InChI is InChI=1S/Mo.HO3P.O/c;1-4(2)3;/h;(H-,1,2,3);/q-1;;/p+1. The van der Waals surface area contributed by atoms with Gasteiger partial charge in [-0.3, -0.25) is 0 Å². The minimum atomic E-state index is -4.07. The van der Waals surface area contributed by atoms with Crippen molar-refractivity contribution in [2.45, 2.75) is 0 Å². The van der Waals surface area contributed by atoms with Gasteiger partial charge >= 0.3 is 41.5 Å². The molecule has 0 spiro atoms. The quantitative estimate of drug-likeness (QED) is 0.435. The molecule has 0 atom stereocenters. The van der Waals surface area contributed by atoms with Gasteiger partial charge in [0.15, 0.2) is 0 Å². The zero-order valence-electron chi connectivity index (χ0n) is 2.57. The van der Waals surface area contributed by atoms with Crippen LogP contribution in [0.25, 0.3) is 0 Å². The van der Waals surface area contributed by atoms with Gasteiger partial charge in [-0.2, -0.15) is 0 Å². The van der Waals surface area contributed by atoms with Crippen LogP contribution in [-0.4, -0.2) is 9.79 Å². The van der Waals surface area contributed by atoms with Crippen LogP contribution in [0.15, 0.2) is 0 Å². The van der Waals surface area contributed by atoms with Crippen LogP contribution in [-0.2, 0) is 26.0 Å². The van der Waals surface area contributed by atoms with Crippen LogP contribution in [0, 0.1) is 0 Å². The van der Waals surface area contributed by atoms with E-state index in [4.69, 9.17) is 9.79 Å². The molecule has 4 nitrogen and oxygen atoms in total. The molecule has 0 saturated carbocycles. The first-order valence-corrected chi connectivity index (χ1v) is 5.97. The van der Waals surface area contributed by atoms with Crippen LogP contribution in [0.3, 0.4) is 0 Å². The van der Waals surface area contributed by atoms with E-state index in [9.17, 15) is 7.96 Å². The minimum absolute atomic E-state index is 2.27. The third-order valence-electron chi connectivity index (χ3n) is 0.0971. The van der Waals surface area contributed by atoms with Crippen LogP contribution in [0.2, 0.25) is 0 Å². The summed E-state index contributed by atoms with van der Waals surface area (Å²) in [5.41, 5.74) is -4.07. The zero-order valence-corrected chi connectivity index (χ0v) is 5.47. The van der Waals surface area contributed by atoms with E-state index in [1.54, 1.807) is 0 Å². The van der Waals surface area contributed by atoms with Crippen LogP contribution in [0.1, 0.15) is 0 Å². The Kier molecular flexibility index (Phi) is 2.30. The van der Waals surface area contributed by atoms with Crippen molar-refractivity contribution in [2.75, 3.05) is 0 Å². The fraction of sp³-hybridized carbons (Fsp3) is 0. The fourth-order valence-electron chi connectivity index (χ4n) is 0. The van der Waals surface area contributed by atoms with Crippen molar-refractivity contribution < 1.29 is 35.8 Å². The van der Waals surface area contributed by atoms with Gasteiger partial charge in [0.1, 0.15) is 0 Å². The Labute approximate surface area is 42.0 Å². The van der Waals surface area contributed by atoms with E-state index in [2.05, 4.69) is 0 Å². The number of hydrogen-bond donors (Lipinski definition) is 2. The van der Waals surface area contributed by atoms with E-state index < -0.39 is 23.7 Å². The average Bonchev–Trinajstić information content (AvgIpc) is 1.35. The molecule has 0 saturated heterocycles. The second-order valence-electron chi connectivity index (χ2n) is 0.565. The second-order valence-corrected chi connectivity index (χ2v) is 6.30. The molecule has 0 aliphatic carbocycles. The van der Waals surface area contributed by atoms with Crippen molar-refractivity contribution in [1.82, 2.24) is 0 Å². The summed E-state index contributed by atoms with van der Waals surface area (Å²) in [6.45, 7) is 0. The van der Waals surface area contributed by atoms with Gasteiger partial charge in [0.25, 0.3) is 0 Å². The third kappa shape index (κ3) is 4.64. The molecule has 0 bridgehead atoms. The van der Waals surface area contributed by atoms with E-state index in [0.29, 0.717) is 0 Å². The fourth-order valence-corrected chi connectivity index (χ4v) is 0. The van der Waals surface area contributed by atoms with E-state index in [1.807, 2.05) is 0 Å². The van der Waals surface area contributed by atoms with E-state index >= 15 is 0 Å². The summed E-state index contributed by atoms with van der Waals surface area (Å²) in [6, 6.07) is 0. The molecule has 0 heterocycles. The van der Waals surface area contributed by atoms with Crippen molar-refractivity contribution in [3.05, 3.63) is 0 Å². The first-order valence-electron chi connectivity index (χ1n) is 0.932. The van der Waals surface area contributed by atoms with Crippen molar-refractivity contribution in [1.29, 1.82) is 0 Å². The monoisotopic (exact) mass is 195 g/mol. The second kappa shape index (κ2) is 2.08. The Hall–Kier alpha value is 0.638. The van der Waals surface area contributed by atoms with Gasteiger partial charge in [-0.1, -0.05) is 0 Å². The van der Waals surface area contributed by atoms with Crippen LogP contribution in [0.5, 0.6) is 0 Å². The molecule has 0 aliphatic rings. The van der Waals surface area contributed by atoms with Gasteiger partial charge in [-0.15, -0.1) is 0 Å². The molecule has 0 aliphatic heterocycles. The van der Waals surface area contributed by atoms with E-state index in [0.717, 1.165) is 0 Å². The Morgan fingerprint density at radius 2 is 1.67 bits per heavy atom. The molecule has 0 aromatic carbocycles. The van der Waals surface area contributed by atoms with E-state index in [-0.39, 0.29) is 0 Å². The topological polar surface area (TPSA) is 74.6 Å². The summed E-state index contributed by atoms with van der Waals surface area (Å²) in [5.74, 6) is 0. The van der Waals surface area contributed by atoms with Crippen molar-refractivity contribution in [3.63, 3.8) is 0 Å². The number of hydrogen-bond acceptors (Lipinski definition) is 2. The van der Waals surface area contributed by atoms with Crippen LogP contribution >= 0.6 is 5.69 Å². The maximum absolute atomic E-state index is 9.44. The van der Waals surface area contributed by atoms with Crippen LogP contribution < -0.4 is 0 Å². The Bertz CT molecular complexity index is 89.7. The van der Waals surface area contributed by atoms with Gasteiger partial charge in [0.2, 0.25) is 0 Å². The molecule has 2 N–H and O–H groups in total. The van der Waals surface area contributed by atoms with Gasteiger partial charge in [-0.25, -0.2) is 0 Å². The third-order valence-corrected chi connectivity index (χ3v) is 1.72. The first kappa shape index (κ1) is 6.64. The normalized spacial score (nSPS) is 11.0. The summed E-state index contributed by atoms with van der Waals surface area (Å²) in [6.07, 6.45) is 0. The maximum atomic E-state index is 9.44. The van der Waals surface area contributed by atoms with Gasteiger partial charge in [0.05, 0.1) is 0 Å². The van der Waals surface area contributed by atoms with Crippen molar-refractivity contribution in [3.8, 4) is 0 Å². The van der Waals surface area contributed by atoms with Gasteiger partial charge < -0.3 is 0 Å². The molecule has 0 amide bonds. The van der Waals surface area contributed by atoms with Gasteiger partial charge in [-0.05, 0) is 0 Å². The Balaban J connectivity index is 3.81. The summed E-state index contributed by atoms with van der Waals surface area (Å²) < 4.78 is 18.8. The molecule has 0 fully saturated rings. The SMILES string of the molecule is [O]=[Mo][P](=O)(O)O. The van der Waals surface area contributed by atoms with Gasteiger partial charge in [0, 0.05) is 0 Å². The summed E-state index contributed by atoms with van der Waals surface area (Å²) in [7, 11) is 0. The average molecular weight is 193 g/mol. The molecule has 37 valence electrons. The zero-order chi connectivity index (χ0) is 5.21. The molecule has 0 rings (SSSR count). The van der Waals surface area contributed by atoms with Crippen molar-refractivity contribution >= 4 is 5.69 Å². The molecular formula is H2MoO4P. The van der Waals surface area contributed by atoms with Crippen LogP contribution in [0.4, 0.5) is 0 Å².